The lowest BCUT2D eigenvalue weighted by Gasteiger charge is -2.25. The van der Waals surface area contributed by atoms with E-state index in [1.54, 1.807) is 19.1 Å². The van der Waals surface area contributed by atoms with Gasteiger partial charge in [-0.3, -0.25) is 10.1 Å². The van der Waals surface area contributed by atoms with Gasteiger partial charge in [-0.1, -0.05) is 42.8 Å². The zero-order valence-electron chi connectivity index (χ0n) is 12.9. The van der Waals surface area contributed by atoms with Crippen LogP contribution in [0.4, 0.5) is 10.1 Å². The molecule has 1 N–H and O–H groups in total. The van der Waals surface area contributed by atoms with Crippen molar-refractivity contribution in [3.05, 3.63) is 67.7 Å². The minimum absolute atomic E-state index is 0.0722. The Kier molecular flexibility index (Phi) is 5.57. The topological polar surface area (TPSA) is 67.0 Å². The number of rotatable bonds is 5. The van der Waals surface area contributed by atoms with E-state index in [1.807, 2.05) is 0 Å². The molecule has 0 spiro atoms. The number of hydrogen-bond donors (Lipinski definition) is 1. The van der Waals surface area contributed by atoms with Crippen molar-refractivity contribution in [1.82, 2.24) is 0 Å². The Hall–Kier alpha value is -1.98. The van der Waals surface area contributed by atoms with Gasteiger partial charge in [-0.15, -0.1) is 0 Å². The lowest BCUT2D eigenvalue weighted by atomic mass is 9.82. The molecule has 1 aliphatic carbocycles. The minimum atomic E-state index is -1.24. The SMILES string of the molecule is C=C(c1cc([N+](=O)[O-])cc(Cl)c1C=N)C(C)C1=C(Cl)C=CCC1F. The second kappa shape index (κ2) is 7.28. The third-order valence-corrected chi connectivity index (χ3v) is 4.68. The van der Waals surface area contributed by atoms with Gasteiger partial charge in [-0.05, 0) is 22.8 Å². The van der Waals surface area contributed by atoms with E-state index in [4.69, 9.17) is 28.6 Å². The van der Waals surface area contributed by atoms with E-state index in [9.17, 15) is 14.5 Å². The standard InChI is InChI=1S/C17H15Cl2FN2O2/c1-9(10(2)17-14(18)4-3-5-16(17)20)12-6-11(22(23)24)7-15(19)13(12)8-21/h3-4,6-8,10,16,21H,1,5H2,2H3. The molecule has 2 unspecified atom stereocenters. The fourth-order valence-electron chi connectivity index (χ4n) is 2.68. The minimum Gasteiger partial charge on any atom is -0.308 e. The van der Waals surface area contributed by atoms with Crippen LogP contribution in [0.5, 0.6) is 0 Å². The zero-order chi connectivity index (χ0) is 18.0. The summed E-state index contributed by atoms with van der Waals surface area (Å²) >= 11 is 12.2. The summed E-state index contributed by atoms with van der Waals surface area (Å²) in [4.78, 5) is 10.5. The van der Waals surface area contributed by atoms with E-state index in [0.29, 0.717) is 27.3 Å². The first-order valence-electron chi connectivity index (χ1n) is 7.15. The molecule has 1 aromatic rings. The molecule has 0 saturated heterocycles. The summed E-state index contributed by atoms with van der Waals surface area (Å²) in [6.07, 6.45) is 3.26. The predicted molar refractivity (Wildman–Crippen MR) is 95.7 cm³/mol. The Bertz CT molecular complexity index is 787. The molecule has 7 heteroatoms. The molecule has 24 heavy (non-hydrogen) atoms. The molecule has 126 valence electrons. The summed E-state index contributed by atoms with van der Waals surface area (Å²) in [7, 11) is 0. The molecule has 1 aliphatic rings. The molecule has 0 saturated carbocycles. The molecule has 1 aromatic carbocycles. The van der Waals surface area contributed by atoms with Crippen LogP contribution in [0.2, 0.25) is 5.02 Å². The van der Waals surface area contributed by atoms with Gasteiger partial charge in [0.25, 0.3) is 5.69 Å². The summed E-state index contributed by atoms with van der Waals surface area (Å²) in [6, 6.07) is 2.47. The highest BCUT2D eigenvalue weighted by Crippen LogP contribution is 2.39. The van der Waals surface area contributed by atoms with E-state index < -0.39 is 17.0 Å². The van der Waals surface area contributed by atoms with Crippen molar-refractivity contribution in [2.24, 2.45) is 5.92 Å². The van der Waals surface area contributed by atoms with Crippen molar-refractivity contribution >= 4 is 40.7 Å². The number of nitrogens with zero attached hydrogens (tertiary/aromatic N) is 1. The molecule has 0 amide bonds. The van der Waals surface area contributed by atoms with E-state index in [1.165, 1.54) is 12.1 Å². The summed E-state index contributed by atoms with van der Waals surface area (Å²) in [5, 5.41) is 19.0. The number of alkyl halides is 1. The summed E-state index contributed by atoms with van der Waals surface area (Å²) in [5.74, 6) is -0.491. The van der Waals surface area contributed by atoms with Crippen molar-refractivity contribution in [2.75, 3.05) is 0 Å². The molecule has 2 rings (SSSR count). The smallest absolute Gasteiger partial charge is 0.271 e. The van der Waals surface area contributed by atoms with Crippen LogP contribution in [0, 0.1) is 21.4 Å². The van der Waals surface area contributed by atoms with Crippen molar-refractivity contribution in [3.8, 4) is 0 Å². The van der Waals surface area contributed by atoms with Crippen LogP contribution in [0.3, 0.4) is 0 Å². The number of nitro groups is 1. The van der Waals surface area contributed by atoms with Gasteiger partial charge in [0.1, 0.15) is 6.17 Å². The average molecular weight is 369 g/mol. The van der Waals surface area contributed by atoms with Crippen LogP contribution in [-0.2, 0) is 0 Å². The highest BCUT2D eigenvalue weighted by Gasteiger charge is 2.28. The van der Waals surface area contributed by atoms with E-state index in [2.05, 4.69) is 6.58 Å². The van der Waals surface area contributed by atoms with Gasteiger partial charge in [-0.2, -0.15) is 0 Å². The third-order valence-electron chi connectivity index (χ3n) is 4.03. The molecule has 0 aliphatic heterocycles. The van der Waals surface area contributed by atoms with Gasteiger partial charge in [0, 0.05) is 41.3 Å². The lowest BCUT2D eigenvalue weighted by molar-refractivity contribution is -0.384. The van der Waals surface area contributed by atoms with Crippen LogP contribution in [0.1, 0.15) is 24.5 Å². The van der Waals surface area contributed by atoms with Crippen molar-refractivity contribution in [1.29, 1.82) is 5.41 Å². The quantitative estimate of drug-likeness (QED) is 0.412. The lowest BCUT2D eigenvalue weighted by Crippen LogP contribution is -2.17. The first-order chi connectivity index (χ1) is 11.3. The molecule has 2 atom stereocenters. The highest BCUT2D eigenvalue weighted by molar-refractivity contribution is 6.33. The van der Waals surface area contributed by atoms with Gasteiger partial charge in [-0.25, -0.2) is 4.39 Å². The van der Waals surface area contributed by atoms with Crippen LogP contribution < -0.4 is 0 Å². The second-order valence-electron chi connectivity index (χ2n) is 5.45. The number of benzene rings is 1. The molecule has 0 radical (unpaired) electrons. The number of hydrogen-bond acceptors (Lipinski definition) is 3. The fraction of sp³-hybridized carbons (Fsp3) is 0.235. The van der Waals surface area contributed by atoms with E-state index in [-0.39, 0.29) is 17.1 Å². The molecule has 0 fully saturated rings. The van der Waals surface area contributed by atoms with E-state index >= 15 is 0 Å². The van der Waals surface area contributed by atoms with Crippen LogP contribution in [-0.4, -0.2) is 17.3 Å². The Morgan fingerprint density at radius 1 is 1.54 bits per heavy atom. The maximum Gasteiger partial charge on any atom is 0.271 e. The van der Waals surface area contributed by atoms with E-state index in [0.717, 1.165) is 6.21 Å². The normalized spacial score (nSPS) is 18.4. The number of nitro benzene ring substituents is 1. The second-order valence-corrected chi connectivity index (χ2v) is 6.26. The van der Waals surface area contributed by atoms with Gasteiger partial charge >= 0.3 is 0 Å². The Morgan fingerprint density at radius 3 is 2.75 bits per heavy atom. The number of non-ortho nitro benzene ring substituents is 1. The zero-order valence-corrected chi connectivity index (χ0v) is 14.4. The number of nitrogens with one attached hydrogen (secondary N) is 1. The van der Waals surface area contributed by atoms with Gasteiger partial charge in [0.15, 0.2) is 0 Å². The molecule has 0 heterocycles. The maximum atomic E-state index is 14.3. The Balaban J connectivity index is 2.55. The fourth-order valence-corrected chi connectivity index (χ4v) is 3.32. The third kappa shape index (κ3) is 3.42. The average Bonchev–Trinajstić information content (AvgIpc) is 2.52. The highest BCUT2D eigenvalue weighted by atomic mass is 35.5. The van der Waals surface area contributed by atoms with Crippen LogP contribution in [0.15, 0.2) is 41.5 Å². The maximum absolute atomic E-state index is 14.3. The van der Waals surface area contributed by atoms with Gasteiger partial charge in [0.05, 0.1) is 9.95 Å². The number of allylic oxidation sites excluding steroid dienone is 5. The molecule has 0 bridgehead atoms. The molecule has 4 nitrogen and oxygen atoms in total. The summed E-state index contributed by atoms with van der Waals surface area (Å²) in [6.45, 7) is 5.68. The van der Waals surface area contributed by atoms with Crippen molar-refractivity contribution in [3.63, 3.8) is 0 Å². The first kappa shape index (κ1) is 18.4. The largest absolute Gasteiger partial charge is 0.308 e. The molecule has 0 aromatic heterocycles. The predicted octanol–water partition coefficient (Wildman–Crippen LogP) is 5.69. The summed E-state index contributed by atoms with van der Waals surface area (Å²) < 4.78 is 14.3. The number of halogens is 3. The first-order valence-corrected chi connectivity index (χ1v) is 7.91. The monoisotopic (exact) mass is 368 g/mol. The van der Waals surface area contributed by atoms with Crippen molar-refractivity contribution in [2.45, 2.75) is 19.5 Å². The molecular formula is C17H15Cl2FN2O2. The van der Waals surface area contributed by atoms with Gasteiger partial charge in [0.2, 0.25) is 0 Å². The van der Waals surface area contributed by atoms with Crippen LogP contribution >= 0.6 is 23.2 Å². The van der Waals surface area contributed by atoms with Gasteiger partial charge < -0.3 is 5.41 Å². The van der Waals surface area contributed by atoms with Crippen LogP contribution in [0.25, 0.3) is 5.57 Å². The molecular weight excluding hydrogens is 354 g/mol. The Morgan fingerprint density at radius 2 is 2.21 bits per heavy atom. The van der Waals surface area contributed by atoms with Crippen molar-refractivity contribution < 1.29 is 9.31 Å². The Labute approximate surface area is 148 Å². The summed E-state index contributed by atoms with van der Waals surface area (Å²) in [5.41, 5.74) is 1.23.